The Bertz CT molecular complexity index is 137. The number of hydrogen-bond donors (Lipinski definition) is 0. The van der Waals surface area contributed by atoms with Crippen LogP contribution in [0.5, 0.6) is 0 Å². The highest BCUT2D eigenvalue weighted by molar-refractivity contribution is 5.13. The van der Waals surface area contributed by atoms with Crippen LogP contribution in [-0.2, 0) is 4.74 Å². The summed E-state index contributed by atoms with van der Waals surface area (Å²) in [5, 5.41) is 0. The summed E-state index contributed by atoms with van der Waals surface area (Å²) in [6, 6.07) is 0. The fraction of sp³-hybridized carbons (Fsp3) is 0.714. The fourth-order valence-corrected chi connectivity index (χ4v) is 1.32. The molecule has 2 atom stereocenters. The maximum absolute atomic E-state index is 5.35. The van der Waals surface area contributed by atoms with Gasteiger partial charge in [0.05, 0.1) is 5.76 Å². The van der Waals surface area contributed by atoms with Gasteiger partial charge in [0.15, 0.2) is 0 Å². The molecular formula is C7H10O. The van der Waals surface area contributed by atoms with Crippen molar-refractivity contribution in [2.75, 3.05) is 0 Å². The van der Waals surface area contributed by atoms with E-state index in [1.807, 2.05) is 0 Å². The lowest BCUT2D eigenvalue weighted by molar-refractivity contribution is 0.0188. The molecule has 3 aliphatic rings. The SMILES string of the molecule is CC1CCC2=CC1O2. The number of fused-ring (bicyclic) bond motifs is 2. The van der Waals surface area contributed by atoms with Crippen molar-refractivity contribution in [2.45, 2.75) is 25.9 Å². The highest BCUT2D eigenvalue weighted by Crippen LogP contribution is 2.35. The minimum Gasteiger partial charge on any atom is -0.490 e. The van der Waals surface area contributed by atoms with Crippen LogP contribution in [-0.4, -0.2) is 6.10 Å². The molecule has 0 N–H and O–H groups in total. The van der Waals surface area contributed by atoms with E-state index in [0.717, 1.165) is 5.92 Å². The van der Waals surface area contributed by atoms with Gasteiger partial charge in [0.1, 0.15) is 6.10 Å². The summed E-state index contributed by atoms with van der Waals surface area (Å²) >= 11 is 0. The predicted octanol–water partition coefficient (Wildman–Crippen LogP) is 1.70. The third-order valence-corrected chi connectivity index (χ3v) is 2.04. The Balaban J connectivity index is 2.18. The van der Waals surface area contributed by atoms with Crippen LogP contribution in [0.4, 0.5) is 0 Å². The monoisotopic (exact) mass is 110 g/mol. The van der Waals surface area contributed by atoms with Crippen molar-refractivity contribution in [1.82, 2.24) is 0 Å². The van der Waals surface area contributed by atoms with Crippen LogP contribution in [0.25, 0.3) is 0 Å². The first-order valence-corrected chi connectivity index (χ1v) is 3.23. The average molecular weight is 110 g/mol. The molecular weight excluding hydrogens is 100 g/mol. The van der Waals surface area contributed by atoms with Crippen LogP contribution < -0.4 is 0 Å². The molecule has 0 aromatic heterocycles. The van der Waals surface area contributed by atoms with Gasteiger partial charge in [-0.3, -0.25) is 0 Å². The van der Waals surface area contributed by atoms with Crippen molar-refractivity contribution < 1.29 is 4.74 Å². The molecule has 44 valence electrons. The van der Waals surface area contributed by atoms with Gasteiger partial charge in [0, 0.05) is 6.42 Å². The number of hydrogen-bond acceptors (Lipinski definition) is 1. The molecule has 2 bridgehead atoms. The van der Waals surface area contributed by atoms with E-state index < -0.39 is 0 Å². The van der Waals surface area contributed by atoms with Crippen LogP contribution in [0.3, 0.4) is 0 Å². The first-order chi connectivity index (χ1) is 3.86. The summed E-state index contributed by atoms with van der Waals surface area (Å²) in [5.41, 5.74) is 0. The van der Waals surface area contributed by atoms with Crippen LogP contribution >= 0.6 is 0 Å². The maximum Gasteiger partial charge on any atom is 0.122 e. The lowest BCUT2D eigenvalue weighted by atomic mass is 9.88. The van der Waals surface area contributed by atoms with Crippen LogP contribution in [0.2, 0.25) is 0 Å². The van der Waals surface area contributed by atoms with Crippen molar-refractivity contribution in [2.24, 2.45) is 5.92 Å². The van der Waals surface area contributed by atoms with Crippen molar-refractivity contribution in [3.8, 4) is 0 Å². The molecule has 1 nitrogen and oxygen atoms in total. The molecule has 1 fully saturated rings. The van der Waals surface area contributed by atoms with E-state index in [1.54, 1.807) is 0 Å². The lowest BCUT2D eigenvalue weighted by Crippen LogP contribution is -2.32. The number of rotatable bonds is 0. The highest BCUT2D eigenvalue weighted by Gasteiger charge is 2.31. The summed E-state index contributed by atoms with van der Waals surface area (Å²) < 4.78 is 5.35. The summed E-state index contributed by atoms with van der Waals surface area (Å²) in [7, 11) is 0. The Morgan fingerprint density at radius 3 is 2.75 bits per heavy atom. The van der Waals surface area contributed by atoms with Gasteiger partial charge < -0.3 is 4.74 Å². The van der Waals surface area contributed by atoms with E-state index in [9.17, 15) is 0 Å². The molecule has 2 heterocycles. The Morgan fingerprint density at radius 1 is 1.75 bits per heavy atom. The van der Waals surface area contributed by atoms with Gasteiger partial charge >= 0.3 is 0 Å². The first-order valence-electron chi connectivity index (χ1n) is 3.23. The predicted molar refractivity (Wildman–Crippen MR) is 31.4 cm³/mol. The van der Waals surface area contributed by atoms with Crippen molar-refractivity contribution >= 4 is 0 Å². The van der Waals surface area contributed by atoms with E-state index >= 15 is 0 Å². The van der Waals surface area contributed by atoms with Crippen LogP contribution in [0.1, 0.15) is 19.8 Å². The first kappa shape index (κ1) is 4.42. The van der Waals surface area contributed by atoms with Gasteiger partial charge in [-0.25, -0.2) is 0 Å². The summed E-state index contributed by atoms with van der Waals surface area (Å²) in [4.78, 5) is 0. The molecule has 1 aliphatic carbocycles. The second-order valence-corrected chi connectivity index (χ2v) is 2.73. The van der Waals surface area contributed by atoms with Crippen LogP contribution in [0.15, 0.2) is 11.8 Å². The summed E-state index contributed by atoms with van der Waals surface area (Å²) in [6.07, 6.45) is 5.24. The van der Waals surface area contributed by atoms with Gasteiger partial charge in [-0.2, -0.15) is 0 Å². The second-order valence-electron chi connectivity index (χ2n) is 2.73. The molecule has 8 heavy (non-hydrogen) atoms. The Morgan fingerprint density at radius 2 is 2.50 bits per heavy atom. The Labute approximate surface area is 49.3 Å². The molecule has 3 rings (SSSR count). The zero-order valence-corrected chi connectivity index (χ0v) is 5.05. The molecule has 2 aliphatic heterocycles. The fourth-order valence-electron chi connectivity index (χ4n) is 1.32. The van der Waals surface area contributed by atoms with Crippen molar-refractivity contribution in [1.29, 1.82) is 0 Å². The summed E-state index contributed by atoms with van der Waals surface area (Å²) in [6.45, 7) is 2.25. The van der Waals surface area contributed by atoms with E-state index in [4.69, 9.17) is 4.74 Å². The third-order valence-electron chi connectivity index (χ3n) is 2.04. The van der Waals surface area contributed by atoms with E-state index in [2.05, 4.69) is 13.0 Å². The second kappa shape index (κ2) is 1.28. The molecule has 0 amide bonds. The molecule has 1 heteroatoms. The van der Waals surface area contributed by atoms with E-state index in [1.165, 1.54) is 18.6 Å². The van der Waals surface area contributed by atoms with Gasteiger partial charge in [-0.15, -0.1) is 0 Å². The minimum absolute atomic E-state index is 0.485. The molecule has 0 spiro atoms. The smallest absolute Gasteiger partial charge is 0.122 e. The molecule has 1 saturated heterocycles. The lowest BCUT2D eigenvalue weighted by Gasteiger charge is -2.37. The Hall–Kier alpha value is -0.460. The van der Waals surface area contributed by atoms with E-state index in [0.29, 0.717) is 6.10 Å². The van der Waals surface area contributed by atoms with Crippen molar-refractivity contribution in [3.63, 3.8) is 0 Å². The third kappa shape index (κ3) is 0.417. The Kier molecular flexibility index (Phi) is 0.706. The quantitative estimate of drug-likeness (QED) is 0.461. The highest BCUT2D eigenvalue weighted by atomic mass is 16.5. The van der Waals surface area contributed by atoms with Gasteiger partial charge in [-0.05, 0) is 18.4 Å². The maximum atomic E-state index is 5.35. The normalized spacial score (nSPS) is 41.9. The average Bonchev–Trinajstić information content (AvgIpc) is 1.62. The molecule has 0 radical (unpaired) electrons. The van der Waals surface area contributed by atoms with E-state index in [-0.39, 0.29) is 0 Å². The molecule has 2 unspecified atom stereocenters. The van der Waals surface area contributed by atoms with Crippen LogP contribution in [0, 0.1) is 5.92 Å². The zero-order chi connectivity index (χ0) is 5.56. The summed E-state index contributed by atoms with van der Waals surface area (Å²) in [5.74, 6) is 2.00. The van der Waals surface area contributed by atoms with Gasteiger partial charge in [0.2, 0.25) is 0 Å². The molecule has 0 aromatic rings. The largest absolute Gasteiger partial charge is 0.490 e. The standard InChI is InChI=1S/C7H10O/c1-5-2-3-6-4-7(5)8-6/h4-5,7H,2-3H2,1H3. The number of ether oxygens (including phenoxy) is 1. The molecule has 0 saturated carbocycles. The zero-order valence-electron chi connectivity index (χ0n) is 5.05. The molecule has 0 aromatic carbocycles. The number of allylic oxidation sites excluding steroid dienone is 1. The van der Waals surface area contributed by atoms with Crippen molar-refractivity contribution in [3.05, 3.63) is 11.8 Å². The van der Waals surface area contributed by atoms with Gasteiger partial charge in [-0.1, -0.05) is 6.92 Å². The van der Waals surface area contributed by atoms with Gasteiger partial charge in [0.25, 0.3) is 0 Å². The minimum atomic E-state index is 0.485. The topological polar surface area (TPSA) is 9.23 Å².